The average Bonchev–Trinajstić information content (AvgIpc) is 2.49. The molecule has 1 aromatic carbocycles. The van der Waals surface area contributed by atoms with Crippen LogP contribution < -0.4 is 5.32 Å². The number of carboxylic acid groups (broad SMARTS) is 1. The fourth-order valence-electron chi connectivity index (χ4n) is 3.13. The fourth-order valence-corrected chi connectivity index (χ4v) is 3.13. The second kappa shape index (κ2) is 8.06. The Morgan fingerprint density at radius 1 is 1.24 bits per heavy atom. The lowest BCUT2D eigenvalue weighted by Crippen LogP contribution is -2.30. The highest BCUT2D eigenvalue weighted by atomic mass is 16.4. The Balaban J connectivity index is 1.83. The van der Waals surface area contributed by atoms with Crippen molar-refractivity contribution in [1.82, 2.24) is 0 Å². The lowest BCUT2D eigenvalue weighted by atomic mass is 9.85. The molecule has 0 aliphatic heterocycles. The Labute approximate surface area is 127 Å². The van der Waals surface area contributed by atoms with Crippen LogP contribution in [-0.2, 0) is 11.2 Å². The van der Waals surface area contributed by atoms with Crippen LogP contribution in [0.3, 0.4) is 0 Å². The standard InChI is InChI=1S/C18H27NO2/c1-2-3-4-6-14-9-11-16(12-10-14)19-17-8-5-7-15(13-17)18(20)21/h9-12,15,17,19H,2-8,13H2,1H3,(H,20,21). The number of carbonyl (C=O) groups is 1. The van der Waals surface area contributed by atoms with Gasteiger partial charge < -0.3 is 10.4 Å². The van der Waals surface area contributed by atoms with Gasteiger partial charge in [-0.3, -0.25) is 4.79 Å². The van der Waals surface area contributed by atoms with E-state index in [4.69, 9.17) is 5.11 Å². The normalized spacial score (nSPS) is 22.0. The minimum absolute atomic E-state index is 0.176. The van der Waals surface area contributed by atoms with Crippen molar-refractivity contribution in [2.24, 2.45) is 5.92 Å². The molecule has 3 heteroatoms. The largest absolute Gasteiger partial charge is 0.481 e. The van der Waals surface area contributed by atoms with E-state index in [0.717, 1.165) is 37.8 Å². The summed E-state index contributed by atoms with van der Waals surface area (Å²) in [5.41, 5.74) is 2.51. The number of hydrogen-bond acceptors (Lipinski definition) is 2. The number of rotatable bonds is 7. The van der Waals surface area contributed by atoms with Crippen LogP contribution in [0.5, 0.6) is 0 Å². The van der Waals surface area contributed by atoms with Crippen LogP contribution in [-0.4, -0.2) is 17.1 Å². The predicted octanol–water partition coefficient (Wildman–Crippen LogP) is 4.47. The van der Waals surface area contributed by atoms with E-state index in [0.29, 0.717) is 6.04 Å². The summed E-state index contributed by atoms with van der Waals surface area (Å²) in [4.78, 5) is 11.1. The number of anilines is 1. The van der Waals surface area contributed by atoms with Gasteiger partial charge in [-0.25, -0.2) is 0 Å². The molecular weight excluding hydrogens is 262 g/mol. The zero-order valence-corrected chi connectivity index (χ0v) is 13.0. The topological polar surface area (TPSA) is 49.3 Å². The molecule has 21 heavy (non-hydrogen) atoms. The van der Waals surface area contributed by atoms with E-state index in [-0.39, 0.29) is 5.92 Å². The average molecular weight is 289 g/mol. The number of unbranched alkanes of at least 4 members (excludes halogenated alkanes) is 2. The number of nitrogens with one attached hydrogen (secondary N) is 1. The summed E-state index contributed by atoms with van der Waals surface area (Å²) in [7, 11) is 0. The maximum atomic E-state index is 11.1. The quantitative estimate of drug-likeness (QED) is 0.728. The first-order chi connectivity index (χ1) is 10.2. The van der Waals surface area contributed by atoms with Crippen LogP contribution in [0.15, 0.2) is 24.3 Å². The summed E-state index contributed by atoms with van der Waals surface area (Å²) in [6.07, 6.45) is 8.60. The lowest BCUT2D eigenvalue weighted by Gasteiger charge is -2.28. The molecule has 2 atom stereocenters. The van der Waals surface area contributed by atoms with E-state index in [1.165, 1.54) is 24.8 Å². The maximum absolute atomic E-state index is 11.1. The molecule has 2 rings (SSSR count). The van der Waals surface area contributed by atoms with Crippen molar-refractivity contribution in [3.8, 4) is 0 Å². The van der Waals surface area contributed by atoms with Gasteiger partial charge in [-0.2, -0.15) is 0 Å². The smallest absolute Gasteiger partial charge is 0.306 e. The minimum Gasteiger partial charge on any atom is -0.481 e. The Hall–Kier alpha value is -1.51. The van der Waals surface area contributed by atoms with E-state index in [1.54, 1.807) is 0 Å². The molecule has 1 aliphatic rings. The molecular formula is C18H27NO2. The summed E-state index contributed by atoms with van der Waals surface area (Å²) < 4.78 is 0. The molecule has 3 nitrogen and oxygen atoms in total. The molecule has 0 bridgehead atoms. The molecule has 0 amide bonds. The Kier molecular flexibility index (Phi) is 6.09. The molecule has 0 spiro atoms. The third kappa shape index (κ3) is 5.07. The number of aryl methyl sites for hydroxylation is 1. The minimum atomic E-state index is -0.646. The van der Waals surface area contributed by atoms with Crippen LogP contribution in [0.1, 0.15) is 57.4 Å². The molecule has 0 aromatic heterocycles. The Bertz CT molecular complexity index is 441. The van der Waals surface area contributed by atoms with Crippen LogP contribution in [0.2, 0.25) is 0 Å². The van der Waals surface area contributed by atoms with Gasteiger partial charge in [-0.05, 0) is 49.8 Å². The highest BCUT2D eigenvalue weighted by Crippen LogP contribution is 2.27. The second-order valence-corrected chi connectivity index (χ2v) is 6.20. The molecule has 116 valence electrons. The Morgan fingerprint density at radius 3 is 2.67 bits per heavy atom. The molecule has 0 heterocycles. The number of carboxylic acids is 1. The van der Waals surface area contributed by atoms with Crippen LogP contribution in [0.25, 0.3) is 0 Å². The SMILES string of the molecule is CCCCCc1ccc(NC2CCCC(C(=O)O)C2)cc1. The molecule has 1 aromatic rings. The van der Waals surface area contributed by atoms with Gasteiger partial charge in [0.2, 0.25) is 0 Å². The van der Waals surface area contributed by atoms with Crippen molar-refractivity contribution >= 4 is 11.7 Å². The van der Waals surface area contributed by atoms with Crippen molar-refractivity contribution < 1.29 is 9.90 Å². The summed E-state index contributed by atoms with van der Waals surface area (Å²) in [6.45, 7) is 2.22. The molecule has 2 N–H and O–H groups in total. The molecule has 0 saturated heterocycles. The molecule has 1 saturated carbocycles. The number of aliphatic carboxylic acids is 1. The van der Waals surface area contributed by atoms with Gasteiger partial charge >= 0.3 is 5.97 Å². The molecule has 2 unspecified atom stereocenters. The van der Waals surface area contributed by atoms with Crippen LogP contribution in [0, 0.1) is 5.92 Å². The zero-order chi connectivity index (χ0) is 15.1. The highest BCUT2D eigenvalue weighted by molar-refractivity contribution is 5.70. The zero-order valence-electron chi connectivity index (χ0n) is 13.0. The lowest BCUT2D eigenvalue weighted by molar-refractivity contribution is -0.142. The van der Waals surface area contributed by atoms with Gasteiger partial charge in [0.15, 0.2) is 0 Å². The maximum Gasteiger partial charge on any atom is 0.306 e. The summed E-state index contributed by atoms with van der Waals surface area (Å²) >= 11 is 0. The first-order valence-corrected chi connectivity index (χ1v) is 8.27. The number of hydrogen-bond donors (Lipinski definition) is 2. The third-order valence-corrected chi connectivity index (χ3v) is 4.42. The first kappa shape index (κ1) is 15.9. The van der Waals surface area contributed by atoms with Gasteiger partial charge in [0.1, 0.15) is 0 Å². The van der Waals surface area contributed by atoms with Gasteiger partial charge in [-0.15, -0.1) is 0 Å². The van der Waals surface area contributed by atoms with Gasteiger partial charge in [-0.1, -0.05) is 38.3 Å². The first-order valence-electron chi connectivity index (χ1n) is 8.27. The van der Waals surface area contributed by atoms with Crippen molar-refractivity contribution in [2.45, 2.75) is 64.3 Å². The van der Waals surface area contributed by atoms with Gasteiger partial charge in [0.25, 0.3) is 0 Å². The highest BCUT2D eigenvalue weighted by Gasteiger charge is 2.26. The van der Waals surface area contributed by atoms with Crippen LogP contribution >= 0.6 is 0 Å². The van der Waals surface area contributed by atoms with E-state index in [2.05, 4.69) is 36.5 Å². The van der Waals surface area contributed by atoms with Gasteiger partial charge in [0.05, 0.1) is 5.92 Å². The summed E-state index contributed by atoms with van der Waals surface area (Å²) in [5, 5.41) is 12.6. The van der Waals surface area contributed by atoms with Gasteiger partial charge in [0, 0.05) is 11.7 Å². The molecule has 0 radical (unpaired) electrons. The molecule has 1 fully saturated rings. The second-order valence-electron chi connectivity index (χ2n) is 6.20. The van der Waals surface area contributed by atoms with E-state index < -0.39 is 5.97 Å². The van der Waals surface area contributed by atoms with Crippen molar-refractivity contribution in [1.29, 1.82) is 0 Å². The summed E-state index contributed by atoms with van der Waals surface area (Å²) in [6, 6.07) is 8.94. The van der Waals surface area contributed by atoms with Crippen LogP contribution in [0.4, 0.5) is 5.69 Å². The van der Waals surface area contributed by atoms with Crippen molar-refractivity contribution in [3.05, 3.63) is 29.8 Å². The fraction of sp³-hybridized carbons (Fsp3) is 0.611. The van der Waals surface area contributed by atoms with Crippen molar-refractivity contribution in [3.63, 3.8) is 0 Å². The van der Waals surface area contributed by atoms with E-state index in [1.807, 2.05) is 0 Å². The van der Waals surface area contributed by atoms with E-state index in [9.17, 15) is 4.79 Å². The third-order valence-electron chi connectivity index (χ3n) is 4.42. The van der Waals surface area contributed by atoms with Crippen molar-refractivity contribution in [2.75, 3.05) is 5.32 Å². The Morgan fingerprint density at radius 2 is 2.00 bits per heavy atom. The molecule has 1 aliphatic carbocycles. The predicted molar refractivity (Wildman–Crippen MR) is 86.7 cm³/mol. The monoisotopic (exact) mass is 289 g/mol. The van der Waals surface area contributed by atoms with E-state index >= 15 is 0 Å². The summed E-state index contributed by atoms with van der Waals surface area (Å²) in [5.74, 6) is -0.822. The number of benzene rings is 1.